The predicted octanol–water partition coefficient (Wildman–Crippen LogP) is 0.704. The number of thiocarbonyl (C=S) groups is 1. The second-order valence-electron chi connectivity index (χ2n) is 8.04. The van der Waals surface area contributed by atoms with Gasteiger partial charge < -0.3 is 29.5 Å². The number of nitrogens with zero attached hydrogens (tertiary/aromatic N) is 5. The number of anilines is 1. The van der Waals surface area contributed by atoms with Gasteiger partial charge in [0, 0.05) is 45.1 Å². The second-order valence-corrected chi connectivity index (χ2v) is 8.43. The van der Waals surface area contributed by atoms with Gasteiger partial charge in [-0.3, -0.25) is 4.79 Å². The summed E-state index contributed by atoms with van der Waals surface area (Å²) in [4.78, 5) is 48.7. The van der Waals surface area contributed by atoms with Crippen molar-refractivity contribution in [1.29, 1.82) is 0 Å². The van der Waals surface area contributed by atoms with Gasteiger partial charge in [0.05, 0.1) is 12.5 Å². The number of methoxy groups -OCH3 is 1. The molecule has 11 nitrogen and oxygen atoms in total. The first-order chi connectivity index (χ1) is 15.7. The van der Waals surface area contributed by atoms with Crippen LogP contribution >= 0.6 is 12.2 Å². The number of aromatic nitrogens is 3. The number of fused-ring (bicyclic) bond motifs is 1. The average Bonchev–Trinajstić information content (AvgIpc) is 2.81. The fourth-order valence-electron chi connectivity index (χ4n) is 3.67. The van der Waals surface area contributed by atoms with E-state index >= 15 is 0 Å². The summed E-state index contributed by atoms with van der Waals surface area (Å²) in [6, 6.07) is -0.522. The fraction of sp³-hybridized carbons (Fsp3) is 0.524. The number of piperazine rings is 1. The maximum Gasteiger partial charge on any atom is 0.341 e. The van der Waals surface area contributed by atoms with Crippen molar-refractivity contribution in [1.82, 2.24) is 24.8 Å². The summed E-state index contributed by atoms with van der Waals surface area (Å²) in [6.45, 7) is 8.50. The Balaban J connectivity index is 1.75. The first kappa shape index (κ1) is 24.4. The molecule has 1 fully saturated rings. The highest BCUT2D eigenvalue weighted by Crippen LogP contribution is 2.16. The molecule has 12 heteroatoms. The lowest BCUT2D eigenvalue weighted by Crippen LogP contribution is -2.56. The lowest BCUT2D eigenvalue weighted by molar-refractivity contribution is -0.143. The quantitative estimate of drug-likeness (QED) is 0.451. The van der Waals surface area contributed by atoms with Crippen molar-refractivity contribution < 1.29 is 19.4 Å². The van der Waals surface area contributed by atoms with Gasteiger partial charge in [0.25, 0.3) is 0 Å². The summed E-state index contributed by atoms with van der Waals surface area (Å²) in [5, 5.41) is 13.1. The van der Waals surface area contributed by atoms with E-state index in [0.717, 1.165) is 0 Å². The number of carbonyl (C=O) groups excluding carboxylic acids is 1. The highest BCUT2D eigenvalue weighted by Gasteiger charge is 2.27. The largest absolute Gasteiger partial charge is 0.477 e. The monoisotopic (exact) mass is 476 g/mol. The Morgan fingerprint density at radius 2 is 1.94 bits per heavy atom. The lowest BCUT2D eigenvalue weighted by atomic mass is 10.1. The van der Waals surface area contributed by atoms with Gasteiger partial charge in [0.2, 0.25) is 11.4 Å². The highest BCUT2D eigenvalue weighted by molar-refractivity contribution is 7.80. The second kappa shape index (κ2) is 10.1. The molecule has 1 aliphatic heterocycles. The lowest BCUT2D eigenvalue weighted by Gasteiger charge is -2.37. The molecule has 0 aliphatic carbocycles. The number of carboxylic acids is 1. The maximum atomic E-state index is 12.5. The van der Waals surface area contributed by atoms with Crippen LogP contribution in [0.5, 0.6) is 0 Å². The molecule has 0 saturated carbocycles. The van der Waals surface area contributed by atoms with Crippen LogP contribution in [0.25, 0.3) is 11.0 Å². The Labute approximate surface area is 196 Å². The van der Waals surface area contributed by atoms with Crippen LogP contribution < -0.4 is 15.6 Å². The Hall–Kier alpha value is -3.28. The van der Waals surface area contributed by atoms with Gasteiger partial charge >= 0.3 is 11.9 Å². The predicted molar refractivity (Wildman–Crippen MR) is 127 cm³/mol. The van der Waals surface area contributed by atoms with Crippen LogP contribution in [-0.2, 0) is 16.1 Å². The van der Waals surface area contributed by atoms with Crippen LogP contribution in [0.1, 0.15) is 31.1 Å². The molecule has 0 spiro atoms. The van der Waals surface area contributed by atoms with Crippen LogP contribution in [-0.4, -0.2) is 80.9 Å². The Bertz CT molecular complexity index is 1130. The molecule has 0 aromatic carbocycles. The van der Waals surface area contributed by atoms with Crippen molar-refractivity contribution >= 4 is 46.3 Å². The summed E-state index contributed by atoms with van der Waals surface area (Å²) >= 11 is 5.51. The van der Waals surface area contributed by atoms with Gasteiger partial charge in [-0.2, -0.15) is 4.98 Å². The number of rotatable bonds is 6. The fourth-order valence-corrected chi connectivity index (χ4v) is 3.98. The Morgan fingerprint density at radius 1 is 1.27 bits per heavy atom. The molecular weight excluding hydrogens is 448 g/mol. The summed E-state index contributed by atoms with van der Waals surface area (Å²) in [5.74, 6) is -1.16. The van der Waals surface area contributed by atoms with Crippen molar-refractivity contribution in [2.24, 2.45) is 5.92 Å². The van der Waals surface area contributed by atoms with Gasteiger partial charge in [-0.15, -0.1) is 0 Å². The Kier molecular flexibility index (Phi) is 7.46. The average molecular weight is 477 g/mol. The van der Waals surface area contributed by atoms with E-state index in [1.54, 1.807) is 4.57 Å². The zero-order valence-electron chi connectivity index (χ0n) is 19.1. The smallest absolute Gasteiger partial charge is 0.341 e. The topological polar surface area (TPSA) is 130 Å². The molecule has 2 aromatic heterocycles. The molecule has 1 saturated heterocycles. The number of aryl methyl sites for hydroxylation is 1. The molecule has 33 heavy (non-hydrogen) atoms. The van der Waals surface area contributed by atoms with E-state index in [2.05, 4.69) is 15.3 Å². The number of aromatic carboxylic acids is 1. The first-order valence-electron chi connectivity index (χ1n) is 10.7. The van der Waals surface area contributed by atoms with E-state index in [1.165, 1.54) is 19.5 Å². The number of pyridine rings is 1. The highest BCUT2D eigenvalue weighted by atomic mass is 32.1. The van der Waals surface area contributed by atoms with Gasteiger partial charge in [0.15, 0.2) is 5.11 Å². The molecule has 178 valence electrons. The Morgan fingerprint density at radius 3 is 2.48 bits per heavy atom. The SMILES string of the molecule is CCn1cc(C(=O)O)c(=O)c2cnc(N3CCN(C(=S)N[C@H](C(=O)OC)C(C)C)CC3)nc21. The van der Waals surface area contributed by atoms with E-state index in [1.807, 2.05) is 30.6 Å². The number of carbonyl (C=O) groups is 2. The molecule has 2 aromatic rings. The molecule has 3 heterocycles. The molecule has 0 unspecified atom stereocenters. The number of hydrogen-bond acceptors (Lipinski definition) is 8. The zero-order valence-corrected chi connectivity index (χ0v) is 19.9. The van der Waals surface area contributed by atoms with Gasteiger partial charge in [-0.25, -0.2) is 14.6 Å². The normalized spacial score (nSPS) is 14.9. The van der Waals surface area contributed by atoms with Crippen LogP contribution in [0.2, 0.25) is 0 Å². The van der Waals surface area contributed by atoms with Crippen molar-refractivity contribution in [2.45, 2.75) is 33.4 Å². The van der Waals surface area contributed by atoms with E-state index in [0.29, 0.717) is 49.4 Å². The molecule has 0 bridgehead atoms. The third-order valence-corrected chi connectivity index (χ3v) is 6.00. The number of carboxylic acid groups (broad SMARTS) is 1. The van der Waals surface area contributed by atoms with Crippen LogP contribution in [0.4, 0.5) is 5.95 Å². The summed E-state index contributed by atoms with van der Waals surface area (Å²) in [5.41, 5.74) is -0.503. The summed E-state index contributed by atoms with van der Waals surface area (Å²) in [7, 11) is 1.35. The molecular formula is C21H28N6O5S. The number of hydrogen-bond donors (Lipinski definition) is 2. The molecule has 0 radical (unpaired) electrons. The number of nitrogens with one attached hydrogen (secondary N) is 1. The first-order valence-corrected chi connectivity index (χ1v) is 11.1. The third-order valence-electron chi connectivity index (χ3n) is 5.62. The van der Waals surface area contributed by atoms with Crippen LogP contribution in [0.3, 0.4) is 0 Å². The number of esters is 1. The van der Waals surface area contributed by atoms with Crippen molar-refractivity contribution in [3.8, 4) is 0 Å². The zero-order chi connectivity index (χ0) is 24.3. The van der Waals surface area contributed by atoms with Gasteiger partial charge in [-0.1, -0.05) is 13.8 Å². The molecule has 2 N–H and O–H groups in total. The van der Waals surface area contributed by atoms with Crippen LogP contribution in [0, 0.1) is 5.92 Å². The standard InChI is InChI=1S/C21H28N6O5S/c1-5-25-11-14(18(29)30)16(28)13-10-22-20(24-17(13)25)26-6-8-27(9-7-26)21(33)23-15(12(2)3)19(31)32-4/h10-12,15H,5-9H2,1-4H3,(H,23,33)(H,29,30)/t15-/m0/s1. The molecule has 1 atom stereocenters. The van der Waals surface area contributed by atoms with E-state index in [-0.39, 0.29) is 22.8 Å². The summed E-state index contributed by atoms with van der Waals surface area (Å²) in [6.07, 6.45) is 2.71. The van der Waals surface area contributed by atoms with Gasteiger partial charge in [0.1, 0.15) is 17.3 Å². The third kappa shape index (κ3) is 5.05. The van der Waals surface area contributed by atoms with E-state index in [9.17, 15) is 19.5 Å². The molecule has 0 amide bonds. The van der Waals surface area contributed by atoms with Crippen molar-refractivity contribution in [3.05, 3.63) is 28.2 Å². The minimum absolute atomic E-state index is 0.0144. The van der Waals surface area contributed by atoms with Crippen LogP contribution in [0.15, 0.2) is 17.2 Å². The minimum Gasteiger partial charge on any atom is -0.477 e. The molecule has 1 aliphatic rings. The van der Waals surface area contributed by atoms with E-state index < -0.39 is 17.4 Å². The van der Waals surface area contributed by atoms with E-state index in [4.69, 9.17) is 17.0 Å². The van der Waals surface area contributed by atoms with Gasteiger partial charge in [-0.05, 0) is 25.1 Å². The maximum absolute atomic E-state index is 12.5. The number of ether oxygens (including phenoxy) is 1. The van der Waals surface area contributed by atoms with Crippen molar-refractivity contribution in [3.63, 3.8) is 0 Å². The van der Waals surface area contributed by atoms with Crippen molar-refractivity contribution in [2.75, 3.05) is 38.2 Å². The summed E-state index contributed by atoms with van der Waals surface area (Å²) < 4.78 is 6.50. The molecule has 3 rings (SSSR count). The minimum atomic E-state index is -1.28.